The van der Waals surface area contributed by atoms with Crippen molar-refractivity contribution in [3.05, 3.63) is 22.3 Å². The third kappa shape index (κ3) is 3.43. The first-order valence-electron chi connectivity index (χ1n) is 10.1. The number of hydrogen-bond donors (Lipinski definition) is 2. The van der Waals surface area contributed by atoms with E-state index in [-0.39, 0.29) is 0 Å². The number of rotatable bonds is 9. The van der Waals surface area contributed by atoms with Crippen LogP contribution in [0.4, 0.5) is 11.4 Å². The Hall–Kier alpha value is -1.38. The van der Waals surface area contributed by atoms with Crippen molar-refractivity contribution in [2.75, 3.05) is 37.4 Å². The van der Waals surface area contributed by atoms with Crippen LogP contribution in [-0.2, 0) is 36.7 Å². The maximum Gasteiger partial charge on any atom is 0.0851 e. The smallest absolute Gasteiger partial charge is 0.0851 e. The Morgan fingerprint density at radius 2 is 1.30 bits per heavy atom. The molecule has 2 bridgehead atoms. The lowest BCUT2D eigenvalue weighted by Gasteiger charge is -2.32. The van der Waals surface area contributed by atoms with E-state index < -0.39 is 0 Å². The van der Waals surface area contributed by atoms with Crippen molar-refractivity contribution in [1.29, 1.82) is 0 Å². The molecule has 1 aromatic rings. The van der Waals surface area contributed by atoms with Crippen LogP contribution < -0.4 is 11.0 Å². The summed E-state index contributed by atoms with van der Waals surface area (Å²) in [5, 5.41) is 0. The highest BCUT2D eigenvalue weighted by Crippen LogP contribution is 2.47. The van der Waals surface area contributed by atoms with E-state index in [1.165, 1.54) is 22.3 Å². The monoisotopic (exact) mass is 374 g/mol. The predicted octanol–water partition coefficient (Wildman–Crippen LogP) is 2.22. The first kappa shape index (κ1) is 16.6. The SMILES string of the molecule is Cc1c2c(CC3CO3)c(CC3CO3)c(C(CC3CO3)CC3CO3)c1NON2. The molecule has 0 radical (unpaired) electrons. The molecule has 5 aliphatic rings. The molecule has 4 atom stereocenters. The molecule has 4 saturated heterocycles. The third-order valence-corrected chi connectivity index (χ3v) is 6.29. The molecule has 0 aliphatic carbocycles. The molecule has 4 unspecified atom stereocenters. The summed E-state index contributed by atoms with van der Waals surface area (Å²) in [6, 6.07) is 0. The van der Waals surface area contributed by atoms with Gasteiger partial charge in [0.2, 0.25) is 0 Å². The third-order valence-electron chi connectivity index (χ3n) is 6.29. The van der Waals surface area contributed by atoms with Gasteiger partial charge in [-0.05, 0) is 42.4 Å². The van der Waals surface area contributed by atoms with E-state index >= 15 is 0 Å². The molecule has 2 N–H and O–H groups in total. The van der Waals surface area contributed by atoms with Gasteiger partial charge in [0.15, 0.2) is 0 Å². The van der Waals surface area contributed by atoms with Gasteiger partial charge in [-0.1, -0.05) is 0 Å². The van der Waals surface area contributed by atoms with E-state index in [1.54, 1.807) is 0 Å². The molecule has 0 saturated carbocycles. The van der Waals surface area contributed by atoms with Crippen molar-refractivity contribution >= 4 is 11.4 Å². The summed E-state index contributed by atoms with van der Waals surface area (Å²) < 4.78 is 22.4. The average Bonchev–Trinajstić information content (AvgIpc) is 3.49. The molecule has 5 heterocycles. The summed E-state index contributed by atoms with van der Waals surface area (Å²) in [6.45, 7) is 5.64. The van der Waals surface area contributed by atoms with Crippen molar-refractivity contribution in [3.63, 3.8) is 0 Å². The number of ether oxygens (including phenoxy) is 4. The standard InChI is InChI=1S/C20H26N2O5/c1-10-19-17(5-15-9-26-15)16(4-14-8-25-14)18(20(10)22-27-21-19)11(2-12-6-23-12)3-13-7-24-13/h11-15,21-22H,2-9H2,1H3. The van der Waals surface area contributed by atoms with E-state index in [0.717, 1.165) is 63.5 Å². The van der Waals surface area contributed by atoms with Gasteiger partial charge in [-0.25, -0.2) is 11.0 Å². The molecule has 0 spiro atoms. The van der Waals surface area contributed by atoms with Gasteiger partial charge in [-0.15, -0.1) is 0 Å². The van der Waals surface area contributed by atoms with Crippen LogP contribution in [0.1, 0.15) is 41.0 Å². The van der Waals surface area contributed by atoms with Crippen LogP contribution in [0.3, 0.4) is 0 Å². The predicted molar refractivity (Wildman–Crippen MR) is 97.9 cm³/mol. The van der Waals surface area contributed by atoms with Gasteiger partial charge in [0, 0.05) is 18.4 Å². The maximum absolute atomic E-state index is 5.62. The summed E-state index contributed by atoms with van der Waals surface area (Å²) in [7, 11) is 0. The lowest BCUT2D eigenvalue weighted by Crippen LogP contribution is -2.25. The second-order valence-corrected chi connectivity index (χ2v) is 8.45. The molecule has 6 rings (SSSR count). The molecule has 5 aliphatic heterocycles. The zero-order chi connectivity index (χ0) is 18.0. The molecule has 1 aromatic carbocycles. The van der Waals surface area contributed by atoms with Crippen LogP contribution in [0.15, 0.2) is 0 Å². The molecular formula is C20H26N2O5. The van der Waals surface area contributed by atoms with Crippen LogP contribution in [0, 0.1) is 6.92 Å². The number of hydrogen-bond acceptors (Lipinski definition) is 7. The van der Waals surface area contributed by atoms with Crippen LogP contribution in [0.5, 0.6) is 0 Å². The Balaban J connectivity index is 1.47. The number of nitrogens with one attached hydrogen (secondary N) is 2. The maximum atomic E-state index is 5.62. The fraction of sp³-hybridized carbons (Fsp3) is 0.700. The quantitative estimate of drug-likeness (QED) is 0.641. The van der Waals surface area contributed by atoms with Crippen LogP contribution in [-0.4, -0.2) is 50.8 Å². The summed E-state index contributed by atoms with van der Waals surface area (Å²) in [5.41, 5.74) is 13.8. The minimum Gasteiger partial charge on any atom is -0.373 e. The summed E-state index contributed by atoms with van der Waals surface area (Å²) >= 11 is 0. The van der Waals surface area contributed by atoms with Crippen LogP contribution >= 0.6 is 0 Å². The number of benzene rings is 1. The molecule has 146 valence electrons. The van der Waals surface area contributed by atoms with E-state index in [0.29, 0.717) is 30.3 Å². The minimum atomic E-state index is 0.326. The summed E-state index contributed by atoms with van der Waals surface area (Å²) in [6.07, 6.45) is 5.38. The zero-order valence-corrected chi connectivity index (χ0v) is 15.6. The molecule has 7 nitrogen and oxygen atoms in total. The highest BCUT2D eigenvalue weighted by atomic mass is 16.8. The van der Waals surface area contributed by atoms with E-state index in [2.05, 4.69) is 17.9 Å². The number of fused-ring (bicyclic) bond motifs is 2. The van der Waals surface area contributed by atoms with Gasteiger partial charge in [0.25, 0.3) is 0 Å². The molecular weight excluding hydrogens is 348 g/mol. The van der Waals surface area contributed by atoms with Gasteiger partial charge in [0.05, 0.1) is 62.2 Å². The molecule has 4 fully saturated rings. The normalized spacial score (nSPS) is 33.1. The Labute approximate surface area is 158 Å². The van der Waals surface area contributed by atoms with Gasteiger partial charge in [-0.2, -0.15) is 4.94 Å². The van der Waals surface area contributed by atoms with Gasteiger partial charge in [-0.3, -0.25) is 0 Å². The first-order chi connectivity index (χ1) is 13.3. The van der Waals surface area contributed by atoms with E-state index in [4.69, 9.17) is 23.9 Å². The minimum absolute atomic E-state index is 0.326. The van der Waals surface area contributed by atoms with Gasteiger partial charge < -0.3 is 18.9 Å². The molecule has 0 aromatic heterocycles. The van der Waals surface area contributed by atoms with Crippen LogP contribution in [0.25, 0.3) is 0 Å². The number of epoxide rings is 4. The Bertz CT molecular complexity index is 739. The second-order valence-electron chi connectivity index (χ2n) is 8.45. The Morgan fingerprint density at radius 1 is 0.778 bits per heavy atom. The van der Waals surface area contributed by atoms with Crippen molar-refractivity contribution in [3.8, 4) is 0 Å². The zero-order valence-electron chi connectivity index (χ0n) is 15.6. The van der Waals surface area contributed by atoms with Crippen molar-refractivity contribution < 1.29 is 23.9 Å². The molecule has 27 heavy (non-hydrogen) atoms. The van der Waals surface area contributed by atoms with Crippen LogP contribution in [0.2, 0.25) is 0 Å². The van der Waals surface area contributed by atoms with Gasteiger partial charge >= 0.3 is 0 Å². The Morgan fingerprint density at radius 3 is 1.85 bits per heavy atom. The van der Waals surface area contributed by atoms with Crippen molar-refractivity contribution in [1.82, 2.24) is 0 Å². The Kier molecular flexibility index (Phi) is 3.88. The average molecular weight is 374 g/mol. The van der Waals surface area contributed by atoms with E-state index in [1.807, 2.05) is 0 Å². The highest BCUT2D eigenvalue weighted by molar-refractivity contribution is 5.76. The fourth-order valence-electron chi connectivity index (χ4n) is 4.53. The second kappa shape index (κ2) is 6.32. The number of anilines is 2. The van der Waals surface area contributed by atoms with E-state index in [9.17, 15) is 0 Å². The van der Waals surface area contributed by atoms with Crippen molar-refractivity contribution in [2.24, 2.45) is 0 Å². The lowest BCUT2D eigenvalue weighted by molar-refractivity contribution is 0.255. The molecule has 7 heteroatoms. The van der Waals surface area contributed by atoms with Gasteiger partial charge in [0.1, 0.15) is 0 Å². The fourth-order valence-corrected chi connectivity index (χ4v) is 4.53. The topological polar surface area (TPSA) is 83.4 Å². The first-order valence-corrected chi connectivity index (χ1v) is 10.1. The summed E-state index contributed by atoms with van der Waals surface area (Å²) in [5.74, 6) is 0.398. The molecule has 0 amide bonds. The lowest BCUT2D eigenvalue weighted by atomic mass is 9.79. The highest BCUT2D eigenvalue weighted by Gasteiger charge is 2.39. The van der Waals surface area contributed by atoms with Crippen molar-refractivity contribution in [2.45, 2.75) is 62.9 Å². The largest absolute Gasteiger partial charge is 0.373 e. The summed E-state index contributed by atoms with van der Waals surface area (Å²) in [4.78, 5) is 5.55.